The third-order valence-corrected chi connectivity index (χ3v) is 3.77. The summed E-state index contributed by atoms with van der Waals surface area (Å²) in [5.74, 6) is 1.13. The fourth-order valence-electron chi connectivity index (χ4n) is 2.05. The van der Waals surface area contributed by atoms with Crippen LogP contribution in [0.1, 0.15) is 24.6 Å². The summed E-state index contributed by atoms with van der Waals surface area (Å²) in [6.45, 7) is 4.41. The molecule has 0 aliphatic carbocycles. The van der Waals surface area contributed by atoms with E-state index < -0.39 is 0 Å². The van der Waals surface area contributed by atoms with Crippen molar-refractivity contribution in [3.05, 3.63) is 17.5 Å². The molecule has 5 heteroatoms. The predicted octanol–water partition coefficient (Wildman–Crippen LogP) is 2.50. The van der Waals surface area contributed by atoms with E-state index >= 15 is 0 Å². The van der Waals surface area contributed by atoms with Crippen LogP contribution in [0.4, 0.5) is 5.82 Å². The maximum Gasteiger partial charge on any atom is 0.189 e. The summed E-state index contributed by atoms with van der Waals surface area (Å²) >= 11 is 1.61. The van der Waals surface area contributed by atoms with Crippen LogP contribution in [0.25, 0.3) is 6.08 Å². The van der Waals surface area contributed by atoms with Crippen LogP contribution in [0.5, 0.6) is 0 Å². The molecule has 1 aromatic rings. The smallest absolute Gasteiger partial charge is 0.189 e. The van der Waals surface area contributed by atoms with E-state index in [4.69, 9.17) is 4.98 Å². The minimum Gasteiger partial charge on any atom is -0.383 e. The van der Waals surface area contributed by atoms with Crippen LogP contribution in [0.3, 0.4) is 0 Å². The van der Waals surface area contributed by atoms with Crippen LogP contribution >= 0.6 is 11.8 Å². The van der Waals surface area contributed by atoms with E-state index in [0.717, 1.165) is 36.2 Å². The first-order chi connectivity index (χ1) is 9.15. The molecule has 2 heterocycles. The number of hydrogen-bond acceptors (Lipinski definition) is 5. The average molecular weight is 278 g/mol. The van der Waals surface area contributed by atoms with Gasteiger partial charge in [0.05, 0.1) is 5.69 Å². The molecule has 0 spiro atoms. The lowest BCUT2D eigenvalue weighted by Crippen LogP contribution is -2.38. The van der Waals surface area contributed by atoms with Gasteiger partial charge in [-0.15, -0.1) is 0 Å². The summed E-state index contributed by atoms with van der Waals surface area (Å²) in [4.78, 5) is 13.7. The van der Waals surface area contributed by atoms with Crippen molar-refractivity contribution in [2.75, 3.05) is 38.3 Å². The van der Waals surface area contributed by atoms with E-state index in [1.54, 1.807) is 11.8 Å². The van der Waals surface area contributed by atoms with Crippen LogP contribution in [0, 0.1) is 0 Å². The Morgan fingerprint density at radius 1 is 1.32 bits per heavy atom. The highest BCUT2D eigenvalue weighted by atomic mass is 32.2. The van der Waals surface area contributed by atoms with Gasteiger partial charge < -0.3 is 9.80 Å². The SMILES string of the molecule is CCc1c(/C=C/N(C)C)nc(SC)nc1N1CCC1. The highest BCUT2D eigenvalue weighted by Crippen LogP contribution is 2.28. The molecule has 2 rings (SSSR count). The third-order valence-electron chi connectivity index (χ3n) is 3.22. The van der Waals surface area contributed by atoms with E-state index in [9.17, 15) is 0 Å². The van der Waals surface area contributed by atoms with Crippen molar-refractivity contribution in [1.82, 2.24) is 14.9 Å². The lowest BCUT2D eigenvalue weighted by molar-refractivity contribution is 0.567. The van der Waals surface area contributed by atoms with E-state index in [0.29, 0.717) is 0 Å². The maximum atomic E-state index is 4.70. The Morgan fingerprint density at radius 2 is 2.05 bits per heavy atom. The summed E-state index contributed by atoms with van der Waals surface area (Å²) in [6.07, 6.45) is 8.40. The second-order valence-electron chi connectivity index (χ2n) is 4.87. The molecular weight excluding hydrogens is 256 g/mol. The summed E-state index contributed by atoms with van der Waals surface area (Å²) < 4.78 is 0. The molecule has 0 N–H and O–H groups in total. The van der Waals surface area contributed by atoms with Gasteiger partial charge in [0.15, 0.2) is 5.16 Å². The van der Waals surface area contributed by atoms with Gasteiger partial charge in [0, 0.05) is 38.9 Å². The molecule has 1 aliphatic rings. The summed E-state index contributed by atoms with van der Waals surface area (Å²) in [5, 5.41) is 0.859. The van der Waals surface area contributed by atoms with E-state index in [2.05, 4.69) is 22.9 Å². The Labute approximate surface area is 119 Å². The molecule has 0 radical (unpaired) electrons. The van der Waals surface area contributed by atoms with Crippen molar-refractivity contribution in [2.24, 2.45) is 0 Å². The van der Waals surface area contributed by atoms with Crippen LogP contribution in [0.15, 0.2) is 11.4 Å². The third kappa shape index (κ3) is 3.21. The molecule has 104 valence electrons. The molecule has 0 unspecified atom stereocenters. The molecular formula is C14H22N4S. The van der Waals surface area contributed by atoms with Gasteiger partial charge in [-0.3, -0.25) is 0 Å². The predicted molar refractivity (Wildman–Crippen MR) is 82.7 cm³/mol. The monoisotopic (exact) mass is 278 g/mol. The van der Waals surface area contributed by atoms with Gasteiger partial charge in [0.25, 0.3) is 0 Å². The minimum atomic E-state index is 0.859. The normalized spacial score (nSPS) is 14.8. The molecule has 0 atom stereocenters. The Kier molecular flexibility index (Phi) is 4.69. The van der Waals surface area contributed by atoms with Crippen LogP contribution in [-0.4, -0.2) is 48.3 Å². The van der Waals surface area contributed by atoms with E-state index in [1.165, 1.54) is 12.0 Å². The van der Waals surface area contributed by atoms with E-state index in [1.807, 2.05) is 31.5 Å². The second kappa shape index (κ2) is 6.28. The fraction of sp³-hybridized carbons (Fsp3) is 0.571. The molecule has 0 aromatic carbocycles. The fourth-order valence-corrected chi connectivity index (χ4v) is 2.41. The maximum absolute atomic E-state index is 4.70. The summed E-state index contributed by atoms with van der Waals surface area (Å²) in [7, 11) is 4.05. The lowest BCUT2D eigenvalue weighted by atomic mass is 10.1. The van der Waals surface area contributed by atoms with Gasteiger partial charge in [-0.05, 0) is 25.2 Å². The second-order valence-corrected chi connectivity index (χ2v) is 5.64. The highest BCUT2D eigenvalue weighted by molar-refractivity contribution is 7.98. The van der Waals surface area contributed by atoms with Crippen LogP contribution in [-0.2, 0) is 6.42 Å². The molecule has 1 fully saturated rings. The zero-order valence-electron chi connectivity index (χ0n) is 12.2. The molecule has 19 heavy (non-hydrogen) atoms. The number of rotatable bonds is 5. The van der Waals surface area contributed by atoms with Crippen molar-refractivity contribution in [1.29, 1.82) is 0 Å². The van der Waals surface area contributed by atoms with Crippen molar-refractivity contribution in [2.45, 2.75) is 24.9 Å². The molecule has 1 saturated heterocycles. The average Bonchev–Trinajstić information content (AvgIpc) is 2.33. The van der Waals surface area contributed by atoms with Gasteiger partial charge >= 0.3 is 0 Å². The molecule has 1 aromatic heterocycles. The zero-order chi connectivity index (χ0) is 13.8. The molecule has 0 bridgehead atoms. The Balaban J connectivity index is 2.43. The zero-order valence-corrected chi connectivity index (χ0v) is 13.0. The van der Waals surface area contributed by atoms with Crippen LogP contribution < -0.4 is 4.90 Å². The number of anilines is 1. The van der Waals surface area contributed by atoms with Crippen molar-refractivity contribution < 1.29 is 0 Å². The van der Waals surface area contributed by atoms with Crippen molar-refractivity contribution in [3.8, 4) is 0 Å². The van der Waals surface area contributed by atoms with Gasteiger partial charge in [-0.2, -0.15) is 0 Å². The Hall–Kier alpha value is -1.23. The first kappa shape index (κ1) is 14.2. The van der Waals surface area contributed by atoms with Gasteiger partial charge in [0.2, 0.25) is 0 Å². The first-order valence-corrected chi connectivity index (χ1v) is 7.92. The van der Waals surface area contributed by atoms with Gasteiger partial charge in [-0.1, -0.05) is 18.7 Å². The lowest BCUT2D eigenvalue weighted by Gasteiger charge is -2.34. The topological polar surface area (TPSA) is 32.3 Å². The Morgan fingerprint density at radius 3 is 2.53 bits per heavy atom. The minimum absolute atomic E-state index is 0.859. The standard InChI is InChI=1S/C14H22N4S/c1-5-11-12(7-10-17(2)3)15-14(19-4)16-13(11)18-8-6-9-18/h7,10H,5-6,8-9H2,1-4H3/b10-7+. The number of aromatic nitrogens is 2. The van der Waals surface area contributed by atoms with Crippen molar-refractivity contribution >= 4 is 23.7 Å². The quantitative estimate of drug-likeness (QED) is 0.610. The summed E-state index contributed by atoms with van der Waals surface area (Å²) in [5.41, 5.74) is 2.31. The largest absolute Gasteiger partial charge is 0.383 e. The van der Waals surface area contributed by atoms with Crippen LogP contribution in [0.2, 0.25) is 0 Å². The molecule has 1 aliphatic heterocycles. The Bertz CT molecular complexity index is 467. The van der Waals surface area contributed by atoms with E-state index in [-0.39, 0.29) is 0 Å². The van der Waals surface area contributed by atoms with Crippen molar-refractivity contribution in [3.63, 3.8) is 0 Å². The molecule has 0 amide bonds. The molecule has 0 saturated carbocycles. The summed E-state index contributed by atoms with van der Waals surface area (Å²) in [6, 6.07) is 0. The number of nitrogens with zero attached hydrogens (tertiary/aromatic N) is 4. The highest BCUT2D eigenvalue weighted by Gasteiger charge is 2.21. The first-order valence-electron chi connectivity index (χ1n) is 6.70. The van der Waals surface area contributed by atoms with Gasteiger partial charge in [-0.25, -0.2) is 9.97 Å². The number of hydrogen-bond donors (Lipinski definition) is 0. The molecule has 4 nitrogen and oxygen atoms in total. The van der Waals surface area contributed by atoms with Gasteiger partial charge in [0.1, 0.15) is 5.82 Å². The number of thioether (sulfide) groups is 1.